The molecule has 1 aliphatic rings. The van der Waals surface area contributed by atoms with Crippen LogP contribution in [0, 0.1) is 5.92 Å². The smallest absolute Gasteiger partial charge is 0.315 e. The Labute approximate surface area is 101 Å². The van der Waals surface area contributed by atoms with Crippen molar-refractivity contribution in [1.29, 1.82) is 0 Å². The van der Waals surface area contributed by atoms with E-state index in [1.54, 1.807) is 14.0 Å². The summed E-state index contributed by atoms with van der Waals surface area (Å²) in [6, 6.07) is -0.158. The highest BCUT2D eigenvalue weighted by Gasteiger charge is 2.30. The Kier molecular flexibility index (Phi) is 5.21. The van der Waals surface area contributed by atoms with Crippen molar-refractivity contribution in [3.63, 3.8) is 0 Å². The summed E-state index contributed by atoms with van der Waals surface area (Å²) in [7, 11) is 1.65. The molecular weight excluding hydrogens is 224 g/mol. The lowest BCUT2D eigenvalue weighted by atomic mass is 9.89. The van der Waals surface area contributed by atoms with Gasteiger partial charge in [-0.3, -0.25) is 4.79 Å². The first-order valence-electron chi connectivity index (χ1n) is 5.86. The molecule has 0 radical (unpaired) electrons. The van der Waals surface area contributed by atoms with E-state index >= 15 is 0 Å². The van der Waals surface area contributed by atoms with E-state index in [0.717, 1.165) is 12.8 Å². The number of carboxylic acids is 1. The molecule has 0 bridgehead atoms. The van der Waals surface area contributed by atoms with Crippen LogP contribution >= 0.6 is 0 Å². The van der Waals surface area contributed by atoms with Crippen LogP contribution in [0.2, 0.25) is 0 Å². The second-order valence-corrected chi connectivity index (χ2v) is 4.32. The molecule has 0 spiro atoms. The number of carboxylic acid groups (broad SMARTS) is 1. The van der Waals surface area contributed by atoms with Gasteiger partial charge in [-0.05, 0) is 19.3 Å². The van der Waals surface area contributed by atoms with Crippen molar-refractivity contribution >= 4 is 12.0 Å². The normalized spacial score (nSPS) is 24.6. The summed E-state index contributed by atoms with van der Waals surface area (Å²) in [4.78, 5) is 22.2. The predicted molar refractivity (Wildman–Crippen MR) is 61.8 cm³/mol. The first kappa shape index (κ1) is 13.8. The highest BCUT2D eigenvalue weighted by atomic mass is 16.5. The number of hydrogen-bond donors (Lipinski definition) is 3. The number of methoxy groups -OCH3 is 1. The van der Waals surface area contributed by atoms with Gasteiger partial charge < -0.3 is 20.5 Å². The third kappa shape index (κ3) is 4.22. The van der Waals surface area contributed by atoms with E-state index in [2.05, 4.69) is 10.6 Å². The largest absolute Gasteiger partial charge is 0.481 e. The molecular formula is C11H20N2O4. The molecule has 1 unspecified atom stereocenters. The lowest BCUT2D eigenvalue weighted by Crippen LogP contribution is -2.51. The predicted octanol–water partition coefficient (Wildman–Crippen LogP) is 0.574. The standard InChI is InChI=1S/C11H20N2O4/c1-3-7(10(14)15)6-12-11(16)13-8-4-9(5-8)17-2/h7-9H,3-6H2,1-2H3,(H,14,15)(H2,12,13,16). The van der Waals surface area contributed by atoms with E-state index in [9.17, 15) is 9.59 Å². The van der Waals surface area contributed by atoms with Gasteiger partial charge in [-0.2, -0.15) is 0 Å². The van der Waals surface area contributed by atoms with Crippen molar-refractivity contribution in [3.8, 4) is 0 Å². The summed E-state index contributed by atoms with van der Waals surface area (Å²) < 4.78 is 5.10. The van der Waals surface area contributed by atoms with Crippen molar-refractivity contribution < 1.29 is 19.4 Å². The van der Waals surface area contributed by atoms with Crippen LogP contribution in [-0.2, 0) is 9.53 Å². The molecule has 0 aliphatic heterocycles. The van der Waals surface area contributed by atoms with Gasteiger partial charge >= 0.3 is 12.0 Å². The maximum Gasteiger partial charge on any atom is 0.315 e. The zero-order valence-electron chi connectivity index (χ0n) is 10.2. The van der Waals surface area contributed by atoms with Crippen LogP contribution in [0.15, 0.2) is 0 Å². The Hall–Kier alpha value is -1.30. The second-order valence-electron chi connectivity index (χ2n) is 4.32. The highest BCUT2D eigenvalue weighted by molar-refractivity contribution is 5.76. The van der Waals surface area contributed by atoms with E-state index in [0.29, 0.717) is 6.42 Å². The van der Waals surface area contributed by atoms with Crippen molar-refractivity contribution in [2.45, 2.75) is 38.3 Å². The number of ether oxygens (including phenoxy) is 1. The molecule has 1 atom stereocenters. The van der Waals surface area contributed by atoms with Crippen LogP contribution in [0.1, 0.15) is 26.2 Å². The summed E-state index contributed by atoms with van der Waals surface area (Å²) in [5, 5.41) is 14.2. The Morgan fingerprint density at radius 1 is 1.47 bits per heavy atom. The second kappa shape index (κ2) is 6.44. The third-order valence-electron chi connectivity index (χ3n) is 3.11. The fourth-order valence-electron chi connectivity index (χ4n) is 1.73. The fraction of sp³-hybridized carbons (Fsp3) is 0.818. The van der Waals surface area contributed by atoms with Gasteiger partial charge in [-0.15, -0.1) is 0 Å². The maximum atomic E-state index is 11.4. The molecule has 2 amide bonds. The van der Waals surface area contributed by atoms with Crippen LogP contribution in [0.4, 0.5) is 4.79 Å². The highest BCUT2D eigenvalue weighted by Crippen LogP contribution is 2.22. The van der Waals surface area contributed by atoms with Crippen molar-refractivity contribution in [2.75, 3.05) is 13.7 Å². The number of urea groups is 1. The molecule has 6 nitrogen and oxygen atoms in total. The average Bonchev–Trinajstić information content (AvgIpc) is 2.23. The van der Waals surface area contributed by atoms with Crippen LogP contribution in [0.25, 0.3) is 0 Å². The number of amides is 2. The van der Waals surface area contributed by atoms with Crippen molar-refractivity contribution in [2.24, 2.45) is 5.92 Å². The topological polar surface area (TPSA) is 87.7 Å². The molecule has 0 aromatic carbocycles. The number of hydrogen-bond acceptors (Lipinski definition) is 3. The molecule has 3 N–H and O–H groups in total. The number of aliphatic carboxylic acids is 1. The number of carbonyl (C=O) groups is 2. The average molecular weight is 244 g/mol. The molecule has 6 heteroatoms. The SMILES string of the molecule is CCC(CNC(=O)NC1CC(OC)C1)C(=O)O. The lowest BCUT2D eigenvalue weighted by Gasteiger charge is -2.34. The van der Waals surface area contributed by atoms with Gasteiger partial charge in [0, 0.05) is 19.7 Å². The zero-order valence-corrected chi connectivity index (χ0v) is 10.2. The number of carbonyl (C=O) groups excluding carboxylic acids is 1. The molecule has 1 fully saturated rings. The Morgan fingerprint density at radius 3 is 2.59 bits per heavy atom. The van der Waals surface area contributed by atoms with Crippen LogP contribution in [0.5, 0.6) is 0 Å². The van der Waals surface area contributed by atoms with Gasteiger partial charge in [0.15, 0.2) is 0 Å². The van der Waals surface area contributed by atoms with Gasteiger partial charge in [0.1, 0.15) is 0 Å². The summed E-state index contributed by atoms with van der Waals surface area (Å²) >= 11 is 0. The Bertz CT molecular complexity index is 277. The fourth-order valence-corrected chi connectivity index (χ4v) is 1.73. The van der Waals surface area contributed by atoms with Gasteiger partial charge in [-0.25, -0.2) is 4.79 Å². The number of nitrogens with one attached hydrogen (secondary N) is 2. The van der Waals surface area contributed by atoms with Crippen molar-refractivity contribution in [1.82, 2.24) is 10.6 Å². The summed E-state index contributed by atoms with van der Waals surface area (Å²) in [5.41, 5.74) is 0. The number of rotatable bonds is 6. The minimum atomic E-state index is -0.879. The monoisotopic (exact) mass is 244 g/mol. The van der Waals surface area contributed by atoms with Gasteiger partial charge in [-0.1, -0.05) is 6.92 Å². The molecule has 0 aromatic heterocycles. The molecule has 0 saturated heterocycles. The maximum absolute atomic E-state index is 11.4. The molecule has 0 aromatic rings. The van der Waals surface area contributed by atoms with E-state index < -0.39 is 11.9 Å². The van der Waals surface area contributed by atoms with Crippen molar-refractivity contribution in [3.05, 3.63) is 0 Å². The van der Waals surface area contributed by atoms with Gasteiger partial charge in [0.2, 0.25) is 0 Å². The van der Waals surface area contributed by atoms with Gasteiger partial charge in [0.25, 0.3) is 0 Å². The summed E-state index contributed by atoms with van der Waals surface area (Å²) in [6.07, 6.45) is 2.38. The molecule has 1 saturated carbocycles. The quantitative estimate of drug-likeness (QED) is 0.637. The summed E-state index contributed by atoms with van der Waals surface area (Å²) in [6.45, 7) is 1.95. The molecule has 17 heavy (non-hydrogen) atoms. The van der Waals surface area contributed by atoms with Crippen LogP contribution in [-0.4, -0.2) is 42.9 Å². The molecule has 0 heterocycles. The molecule has 98 valence electrons. The van der Waals surface area contributed by atoms with E-state index in [1.165, 1.54) is 0 Å². The third-order valence-corrected chi connectivity index (χ3v) is 3.11. The Morgan fingerprint density at radius 2 is 2.12 bits per heavy atom. The molecule has 1 aliphatic carbocycles. The minimum Gasteiger partial charge on any atom is -0.481 e. The first-order valence-corrected chi connectivity index (χ1v) is 5.86. The van der Waals surface area contributed by atoms with E-state index in [1.807, 2.05) is 0 Å². The van der Waals surface area contributed by atoms with E-state index in [-0.39, 0.29) is 24.7 Å². The van der Waals surface area contributed by atoms with Crippen LogP contribution < -0.4 is 10.6 Å². The van der Waals surface area contributed by atoms with Gasteiger partial charge in [0.05, 0.1) is 12.0 Å². The lowest BCUT2D eigenvalue weighted by molar-refractivity contribution is -0.141. The minimum absolute atomic E-state index is 0.143. The molecule has 1 rings (SSSR count). The summed E-state index contributed by atoms with van der Waals surface area (Å²) in [5.74, 6) is -1.40. The van der Waals surface area contributed by atoms with E-state index in [4.69, 9.17) is 9.84 Å². The first-order chi connectivity index (χ1) is 8.06. The zero-order chi connectivity index (χ0) is 12.8. The van der Waals surface area contributed by atoms with Crippen LogP contribution in [0.3, 0.4) is 0 Å². The Balaban J connectivity index is 2.15.